The lowest BCUT2D eigenvalue weighted by atomic mass is 9.74. The molecule has 318 valence electrons. The Morgan fingerprint density at radius 2 is 0.727 bits per heavy atom. The molecule has 0 N–H and O–H groups in total. The number of hydrogen-bond acceptors (Lipinski definition) is 12. The van der Waals surface area contributed by atoms with Gasteiger partial charge in [0.05, 0.1) is 39.6 Å². The van der Waals surface area contributed by atoms with Crippen LogP contribution in [0.3, 0.4) is 0 Å². The second-order valence-corrected chi connectivity index (χ2v) is 19.1. The molecular formula is C43H80N6O4S2. The zero-order chi connectivity index (χ0) is 40.1. The normalized spacial score (nSPS) is 13.9. The van der Waals surface area contributed by atoms with Crippen LogP contribution in [0.25, 0.3) is 9.75 Å². The van der Waals surface area contributed by atoms with Crippen LogP contribution in [0.5, 0.6) is 0 Å². The summed E-state index contributed by atoms with van der Waals surface area (Å²) in [5.74, 6) is 0. The average Bonchev–Trinajstić information content (AvgIpc) is 3.76. The van der Waals surface area contributed by atoms with E-state index in [0.29, 0.717) is 39.6 Å². The van der Waals surface area contributed by atoms with Gasteiger partial charge >= 0.3 is 0 Å². The highest BCUT2D eigenvalue weighted by molar-refractivity contribution is 7.22. The molecule has 55 heavy (non-hydrogen) atoms. The van der Waals surface area contributed by atoms with Crippen LogP contribution >= 0.6 is 22.7 Å². The van der Waals surface area contributed by atoms with Gasteiger partial charge in [0.2, 0.25) is 0 Å². The van der Waals surface area contributed by atoms with Crippen LogP contribution in [0, 0.1) is 13.8 Å². The van der Waals surface area contributed by atoms with Crippen LogP contribution in [-0.4, -0.2) is 204 Å². The largest absolute Gasteiger partial charge is 0.379 e. The first-order chi connectivity index (χ1) is 26.4. The molecule has 0 fully saturated rings. The van der Waals surface area contributed by atoms with E-state index in [4.69, 9.17) is 18.9 Å². The summed E-state index contributed by atoms with van der Waals surface area (Å²) in [6.45, 7) is 20.8. The fourth-order valence-electron chi connectivity index (χ4n) is 7.52. The number of ether oxygens (including phenoxy) is 4. The highest BCUT2D eigenvalue weighted by Crippen LogP contribution is 2.58. The Hall–Kier alpha value is -1.00. The highest BCUT2D eigenvalue weighted by Gasteiger charge is 2.45. The summed E-state index contributed by atoms with van der Waals surface area (Å²) in [5, 5.41) is 0. The summed E-state index contributed by atoms with van der Waals surface area (Å²) < 4.78 is 24.8. The van der Waals surface area contributed by atoms with E-state index in [-0.39, 0.29) is 5.41 Å². The standard InChI is InChI=1S/C43H80N6O4S2/c1-37-35-39-41(54-37)42-40(36-38(2)55-42)43(39,15-27-50-31-33-52-29-25-48(21-11-17-44(3)4)22-12-18-45(5)6)16-28-51-32-34-53-30-26-49(23-13-19-46(7)8)24-14-20-47(9)10/h35-36H,11-34H2,1-10H3. The van der Waals surface area contributed by atoms with E-state index in [0.717, 1.165) is 91.5 Å². The van der Waals surface area contributed by atoms with Crippen molar-refractivity contribution in [1.82, 2.24) is 29.4 Å². The summed E-state index contributed by atoms with van der Waals surface area (Å²) in [7, 11) is 17.2. The van der Waals surface area contributed by atoms with E-state index < -0.39 is 0 Å². The van der Waals surface area contributed by atoms with Crippen molar-refractivity contribution in [3.63, 3.8) is 0 Å². The molecule has 12 heteroatoms. The maximum atomic E-state index is 6.30. The van der Waals surface area contributed by atoms with Crippen molar-refractivity contribution in [2.45, 2.75) is 57.8 Å². The SMILES string of the molecule is Cc1cc2c(s1)-c1sc(C)cc1C2(CCOCCOCCN(CCCN(C)C)CCCN(C)C)CCOCCOCCN(CCCN(C)C)CCCN(C)C. The Morgan fingerprint density at radius 3 is 1.04 bits per heavy atom. The molecule has 0 saturated carbocycles. The molecule has 10 nitrogen and oxygen atoms in total. The van der Waals surface area contributed by atoms with Gasteiger partial charge in [0.15, 0.2) is 0 Å². The lowest BCUT2D eigenvalue weighted by molar-refractivity contribution is 0.0247. The zero-order valence-corrected chi connectivity index (χ0v) is 38.4. The second-order valence-electron chi connectivity index (χ2n) is 16.5. The van der Waals surface area contributed by atoms with E-state index in [1.54, 1.807) is 0 Å². The monoisotopic (exact) mass is 809 g/mol. The van der Waals surface area contributed by atoms with Gasteiger partial charge < -0.3 is 48.3 Å². The quantitative estimate of drug-likeness (QED) is 0.0794. The van der Waals surface area contributed by atoms with Crippen molar-refractivity contribution >= 4 is 22.7 Å². The Kier molecular flexibility index (Phi) is 23.7. The van der Waals surface area contributed by atoms with E-state index in [9.17, 15) is 0 Å². The number of hydrogen-bond donors (Lipinski definition) is 0. The molecule has 0 aromatic carbocycles. The topological polar surface area (TPSA) is 56.4 Å². The minimum atomic E-state index is -0.0822. The third kappa shape index (κ3) is 18.2. The predicted molar refractivity (Wildman–Crippen MR) is 236 cm³/mol. The Labute approximate surface area is 345 Å². The summed E-state index contributed by atoms with van der Waals surface area (Å²) in [4.78, 5) is 19.9. The third-order valence-corrected chi connectivity index (χ3v) is 12.7. The molecule has 0 radical (unpaired) electrons. The van der Waals surface area contributed by atoms with Gasteiger partial charge in [-0.05, 0) is 184 Å². The molecule has 0 unspecified atom stereocenters. The van der Waals surface area contributed by atoms with Crippen LogP contribution in [0.1, 0.15) is 59.4 Å². The van der Waals surface area contributed by atoms with E-state index >= 15 is 0 Å². The first-order valence-electron chi connectivity index (χ1n) is 21.0. The Balaban J connectivity index is 1.44. The lowest BCUT2D eigenvalue weighted by Gasteiger charge is -2.31. The maximum absolute atomic E-state index is 6.30. The van der Waals surface area contributed by atoms with Crippen molar-refractivity contribution in [1.29, 1.82) is 0 Å². The average molecular weight is 809 g/mol. The van der Waals surface area contributed by atoms with Crippen LogP contribution in [0.15, 0.2) is 12.1 Å². The minimum Gasteiger partial charge on any atom is -0.379 e. The smallest absolute Gasteiger partial charge is 0.0701 e. The van der Waals surface area contributed by atoms with Gasteiger partial charge in [0.1, 0.15) is 0 Å². The molecule has 3 rings (SSSR count). The summed E-state index contributed by atoms with van der Waals surface area (Å²) >= 11 is 3.88. The fraction of sp³-hybridized carbons (Fsp3) is 0.814. The number of nitrogens with zero attached hydrogens (tertiary/aromatic N) is 6. The molecule has 0 atom stereocenters. The van der Waals surface area contributed by atoms with Crippen molar-refractivity contribution in [3.8, 4) is 9.75 Å². The molecule has 0 saturated heterocycles. The molecule has 1 aliphatic rings. The van der Waals surface area contributed by atoms with Crippen LogP contribution in [0.4, 0.5) is 0 Å². The molecule has 0 spiro atoms. The van der Waals surface area contributed by atoms with Crippen LogP contribution in [-0.2, 0) is 24.4 Å². The number of fused-ring (bicyclic) bond motifs is 3. The lowest BCUT2D eigenvalue weighted by Crippen LogP contribution is -2.33. The Morgan fingerprint density at radius 1 is 0.418 bits per heavy atom. The van der Waals surface area contributed by atoms with Gasteiger partial charge in [0.25, 0.3) is 0 Å². The van der Waals surface area contributed by atoms with Gasteiger partial charge in [-0.2, -0.15) is 0 Å². The summed E-state index contributed by atoms with van der Waals surface area (Å²) in [6, 6.07) is 4.86. The zero-order valence-electron chi connectivity index (χ0n) is 36.8. The van der Waals surface area contributed by atoms with Crippen molar-refractivity contribution in [2.24, 2.45) is 0 Å². The molecular weight excluding hydrogens is 729 g/mol. The summed E-state index contributed by atoms with van der Waals surface area (Å²) in [5.41, 5.74) is 2.87. The Bertz CT molecular complexity index is 1160. The number of rotatable bonds is 34. The van der Waals surface area contributed by atoms with Gasteiger partial charge in [0, 0.05) is 51.2 Å². The van der Waals surface area contributed by atoms with Crippen LogP contribution < -0.4 is 0 Å². The van der Waals surface area contributed by atoms with Crippen molar-refractivity contribution < 1.29 is 18.9 Å². The fourth-order valence-corrected chi connectivity index (χ4v) is 9.90. The number of aryl methyl sites for hydroxylation is 2. The minimum absolute atomic E-state index is 0.0822. The van der Waals surface area contributed by atoms with E-state index in [1.807, 2.05) is 22.7 Å². The van der Waals surface area contributed by atoms with Gasteiger partial charge in [-0.15, -0.1) is 22.7 Å². The maximum Gasteiger partial charge on any atom is 0.0701 e. The summed E-state index contributed by atoms with van der Waals surface area (Å²) in [6.07, 6.45) is 6.63. The van der Waals surface area contributed by atoms with E-state index in [2.05, 4.69) is 112 Å². The van der Waals surface area contributed by atoms with E-state index in [1.165, 1.54) is 56.3 Å². The molecule has 0 aliphatic heterocycles. The first-order valence-corrected chi connectivity index (χ1v) is 22.6. The highest BCUT2D eigenvalue weighted by atomic mass is 32.1. The van der Waals surface area contributed by atoms with Crippen molar-refractivity contribution in [3.05, 3.63) is 33.0 Å². The second kappa shape index (κ2) is 26.9. The molecule has 1 aliphatic carbocycles. The molecule has 0 amide bonds. The molecule has 2 aromatic rings. The third-order valence-electron chi connectivity index (χ3n) is 10.5. The molecule has 0 bridgehead atoms. The first kappa shape index (κ1) is 48.4. The van der Waals surface area contributed by atoms with Crippen LogP contribution in [0.2, 0.25) is 0 Å². The van der Waals surface area contributed by atoms with Crippen molar-refractivity contribution in [2.75, 3.05) is 175 Å². The number of thiophene rings is 2. The molecule has 2 aromatic heterocycles. The van der Waals surface area contributed by atoms with Gasteiger partial charge in [-0.1, -0.05) is 0 Å². The molecule has 2 heterocycles. The van der Waals surface area contributed by atoms with Gasteiger partial charge in [-0.3, -0.25) is 0 Å². The van der Waals surface area contributed by atoms with Gasteiger partial charge in [-0.25, -0.2) is 0 Å². The predicted octanol–water partition coefficient (Wildman–Crippen LogP) is 5.95.